The molecule has 0 radical (unpaired) electrons. The lowest BCUT2D eigenvalue weighted by Gasteiger charge is -2.19. The van der Waals surface area contributed by atoms with E-state index in [1.807, 2.05) is 32.0 Å². The van der Waals surface area contributed by atoms with E-state index < -0.39 is 5.97 Å². The summed E-state index contributed by atoms with van der Waals surface area (Å²) in [7, 11) is 0. The number of carboxylic acids is 1. The van der Waals surface area contributed by atoms with Crippen LogP contribution in [0.2, 0.25) is 5.02 Å². The van der Waals surface area contributed by atoms with Gasteiger partial charge in [0.05, 0.1) is 11.4 Å². The Morgan fingerprint density at radius 2 is 2.05 bits per heavy atom. The van der Waals surface area contributed by atoms with Crippen LogP contribution < -0.4 is 5.32 Å². The summed E-state index contributed by atoms with van der Waals surface area (Å²) in [6.45, 7) is 5.50. The molecule has 5 heteroatoms. The van der Waals surface area contributed by atoms with Crippen molar-refractivity contribution in [3.63, 3.8) is 0 Å². The lowest BCUT2D eigenvalue weighted by Crippen LogP contribution is -2.13. The van der Waals surface area contributed by atoms with Gasteiger partial charge in [-0.2, -0.15) is 0 Å². The third-order valence-corrected chi connectivity index (χ3v) is 3.50. The van der Waals surface area contributed by atoms with Crippen LogP contribution >= 0.6 is 11.6 Å². The number of halogens is 1. The maximum Gasteiger partial charge on any atom is 0.339 e. The smallest absolute Gasteiger partial charge is 0.339 e. The molecule has 2 N–H and O–H groups in total. The first-order valence-corrected chi connectivity index (χ1v) is 7.00. The highest BCUT2D eigenvalue weighted by atomic mass is 35.5. The molecular formula is C16H17ClN2O2. The normalized spacial score (nSPS) is 12.0. The molecule has 0 aliphatic heterocycles. The molecule has 0 spiro atoms. The molecule has 1 aromatic heterocycles. The number of aromatic nitrogens is 1. The Kier molecular flexibility index (Phi) is 4.48. The van der Waals surface area contributed by atoms with Crippen LogP contribution in [0.5, 0.6) is 0 Å². The Balaban J connectivity index is 2.37. The molecule has 0 aliphatic carbocycles. The van der Waals surface area contributed by atoms with Gasteiger partial charge in [-0.05, 0) is 44.5 Å². The summed E-state index contributed by atoms with van der Waals surface area (Å²) in [5, 5.41) is 13.3. The van der Waals surface area contributed by atoms with Crippen LogP contribution in [0, 0.1) is 13.8 Å². The molecule has 0 fully saturated rings. The molecule has 1 heterocycles. The van der Waals surface area contributed by atoms with Gasteiger partial charge in [-0.25, -0.2) is 4.79 Å². The number of anilines is 1. The van der Waals surface area contributed by atoms with Crippen molar-refractivity contribution in [2.45, 2.75) is 26.8 Å². The highest BCUT2D eigenvalue weighted by molar-refractivity contribution is 6.30. The maximum absolute atomic E-state index is 11.4. The highest BCUT2D eigenvalue weighted by Gasteiger charge is 2.17. The standard InChI is InChI=1S/C16H17ClN2O2/c1-9-7-14(15(16(20)21)11(3)18-9)19-10(2)12-5-4-6-13(17)8-12/h4-8,10H,1-3H3,(H,18,19)(H,20,21). The van der Waals surface area contributed by atoms with Gasteiger partial charge in [-0.15, -0.1) is 0 Å². The molecule has 0 bridgehead atoms. The van der Waals surface area contributed by atoms with E-state index in [2.05, 4.69) is 10.3 Å². The Bertz CT molecular complexity index is 686. The predicted octanol–water partition coefficient (Wildman–Crippen LogP) is 4.22. The van der Waals surface area contributed by atoms with Gasteiger partial charge in [0.2, 0.25) is 0 Å². The van der Waals surface area contributed by atoms with Crippen LogP contribution in [-0.2, 0) is 0 Å². The van der Waals surface area contributed by atoms with Crippen molar-refractivity contribution in [3.8, 4) is 0 Å². The van der Waals surface area contributed by atoms with Gasteiger partial charge in [0.1, 0.15) is 5.56 Å². The van der Waals surface area contributed by atoms with Gasteiger partial charge in [-0.1, -0.05) is 23.7 Å². The van der Waals surface area contributed by atoms with Crippen LogP contribution in [0.3, 0.4) is 0 Å². The zero-order chi connectivity index (χ0) is 15.6. The molecule has 110 valence electrons. The zero-order valence-electron chi connectivity index (χ0n) is 12.1. The number of hydrogen-bond donors (Lipinski definition) is 2. The Hall–Kier alpha value is -2.07. The molecule has 2 rings (SSSR count). The second kappa shape index (κ2) is 6.14. The number of rotatable bonds is 4. The minimum atomic E-state index is -0.985. The third kappa shape index (κ3) is 3.52. The van der Waals surface area contributed by atoms with Crippen molar-refractivity contribution in [1.82, 2.24) is 4.98 Å². The molecule has 0 saturated carbocycles. The molecule has 21 heavy (non-hydrogen) atoms. The average molecular weight is 305 g/mol. The molecule has 2 aromatic rings. The largest absolute Gasteiger partial charge is 0.478 e. The lowest BCUT2D eigenvalue weighted by molar-refractivity contribution is 0.0696. The van der Waals surface area contributed by atoms with E-state index in [-0.39, 0.29) is 11.6 Å². The first kappa shape index (κ1) is 15.3. The summed E-state index contributed by atoms with van der Waals surface area (Å²) in [4.78, 5) is 15.6. The summed E-state index contributed by atoms with van der Waals surface area (Å²) in [6, 6.07) is 9.17. The predicted molar refractivity (Wildman–Crippen MR) is 84.2 cm³/mol. The number of aryl methyl sites for hydroxylation is 2. The number of nitrogens with zero attached hydrogens (tertiary/aromatic N) is 1. The van der Waals surface area contributed by atoms with Crippen molar-refractivity contribution < 1.29 is 9.90 Å². The second-order valence-corrected chi connectivity index (χ2v) is 5.43. The third-order valence-electron chi connectivity index (χ3n) is 3.26. The molecule has 1 aromatic carbocycles. The van der Waals surface area contributed by atoms with Crippen LogP contribution in [0.15, 0.2) is 30.3 Å². The fourth-order valence-electron chi connectivity index (χ4n) is 2.30. The summed E-state index contributed by atoms with van der Waals surface area (Å²) >= 11 is 5.99. The van der Waals surface area contributed by atoms with Crippen molar-refractivity contribution in [2.75, 3.05) is 5.32 Å². The van der Waals surface area contributed by atoms with Crippen LogP contribution in [-0.4, -0.2) is 16.1 Å². The number of aromatic carboxylic acids is 1. The quantitative estimate of drug-likeness (QED) is 0.887. The van der Waals surface area contributed by atoms with Crippen molar-refractivity contribution >= 4 is 23.3 Å². The van der Waals surface area contributed by atoms with Crippen molar-refractivity contribution in [3.05, 3.63) is 57.9 Å². The fourth-order valence-corrected chi connectivity index (χ4v) is 2.50. The number of nitrogens with one attached hydrogen (secondary N) is 1. The molecule has 1 atom stereocenters. The summed E-state index contributed by atoms with van der Waals surface area (Å²) < 4.78 is 0. The lowest BCUT2D eigenvalue weighted by atomic mass is 10.1. The van der Waals surface area contributed by atoms with Gasteiger partial charge in [0.15, 0.2) is 0 Å². The van der Waals surface area contributed by atoms with E-state index in [1.165, 1.54) is 0 Å². The topological polar surface area (TPSA) is 62.2 Å². The molecule has 1 unspecified atom stereocenters. The van der Waals surface area contributed by atoms with Gasteiger partial charge in [0, 0.05) is 16.8 Å². The summed E-state index contributed by atoms with van der Waals surface area (Å²) in [5.74, 6) is -0.985. The summed E-state index contributed by atoms with van der Waals surface area (Å²) in [6.07, 6.45) is 0. The number of hydrogen-bond acceptors (Lipinski definition) is 3. The first-order chi connectivity index (χ1) is 9.88. The van der Waals surface area contributed by atoms with Gasteiger partial charge in [-0.3, -0.25) is 4.98 Å². The first-order valence-electron chi connectivity index (χ1n) is 6.62. The van der Waals surface area contributed by atoms with Crippen molar-refractivity contribution in [2.24, 2.45) is 0 Å². The number of benzene rings is 1. The van der Waals surface area contributed by atoms with E-state index in [9.17, 15) is 9.90 Å². The fraction of sp³-hybridized carbons (Fsp3) is 0.250. The van der Waals surface area contributed by atoms with E-state index in [0.717, 1.165) is 11.3 Å². The number of carbonyl (C=O) groups is 1. The van der Waals surface area contributed by atoms with Gasteiger partial charge < -0.3 is 10.4 Å². The van der Waals surface area contributed by atoms with E-state index >= 15 is 0 Å². The molecule has 0 aliphatic rings. The number of carboxylic acid groups (broad SMARTS) is 1. The Labute approximate surface area is 128 Å². The Morgan fingerprint density at radius 1 is 1.33 bits per heavy atom. The van der Waals surface area contributed by atoms with Crippen LogP contribution in [0.4, 0.5) is 5.69 Å². The second-order valence-electron chi connectivity index (χ2n) is 5.00. The van der Waals surface area contributed by atoms with Gasteiger partial charge >= 0.3 is 5.97 Å². The average Bonchev–Trinajstić information content (AvgIpc) is 2.37. The minimum Gasteiger partial charge on any atom is -0.478 e. The Morgan fingerprint density at radius 3 is 2.67 bits per heavy atom. The van der Waals surface area contributed by atoms with E-state index in [0.29, 0.717) is 16.4 Å². The molecule has 0 amide bonds. The maximum atomic E-state index is 11.4. The zero-order valence-corrected chi connectivity index (χ0v) is 12.9. The van der Waals surface area contributed by atoms with E-state index in [4.69, 9.17) is 11.6 Å². The van der Waals surface area contributed by atoms with E-state index in [1.54, 1.807) is 19.1 Å². The van der Waals surface area contributed by atoms with Crippen LogP contribution in [0.25, 0.3) is 0 Å². The summed E-state index contributed by atoms with van der Waals surface area (Å²) in [5.41, 5.74) is 3.04. The molecular weight excluding hydrogens is 288 g/mol. The molecule has 4 nitrogen and oxygen atoms in total. The SMILES string of the molecule is Cc1cc(NC(C)c2cccc(Cl)c2)c(C(=O)O)c(C)n1. The van der Waals surface area contributed by atoms with Crippen LogP contribution in [0.1, 0.15) is 40.3 Å². The molecule has 0 saturated heterocycles. The number of pyridine rings is 1. The van der Waals surface area contributed by atoms with Crippen molar-refractivity contribution in [1.29, 1.82) is 0 Å². The highest BCUT2D eigenvalue weighted by Crippen LogP contribution is 2.26. The van der Waals surface area contributed by atoms with Gasteiger partial charge in [0.25, 0.3) is 0 Å². The monoisotopic (exact) mass is 304 g/mol. The minimum absolute atomic E-state index is 0.0667.